The predicted octanol–water partition coefficient (Wildman–Crippen LogP) is 3.19. The Morgan fingerprint density at radius 2 is 2.08 bits per heavy atom. The Balaban J connectivity index is 1.55. The zero-order valence-corrected chi connectivity index (χ0v) is 14.8. The van der Waals surface area contributed by atoms with E-state index in [1.165, 1.54) is 28.7 Å². The minimum Gasteiger partial charge on any atom is -0.339 e. The van der Waals surface area contributed by atoms with Crippen LogP contribution in [0, 0.1) is 6.92 Å². The second-order valence-electron chi connectivity index (χ2n) is 5.00. The summed E-state index contributed by atoms with van der Waals surface area (Å²) in [4.78, 5) is 16.2. The molecule has 124 valence electrons. The van der Waals surface area contributed by atoms with E-state index in [2.05, 4.69) is 25.7 Å². The molecule has 3 aromatic rings. The lowest BCUT2D eigenvalue weighted by molar-refractivity contribution is -0.116. The first-order valence-electron chi connectivity index (χ1n) is 7.21. The van der Waals surface area contributed by atoms with Crippen molar-refractivity contribution in [3.05, 3.63) is 35.7 Å². The molecule has 0 bridgehead atoms. The van der Waals surface area contributed by atoms with Gasteiger partial charge in [-0.1, -0.05) is 58.1 Å². The highest BCUT2D eigenvalue weighted by molar-refractivity contribution is 8.00. The number of carbonyl (C=O) groups excluding carboxylic acids is 1. The van der Waals surface area contributed by atoms with E-state index < -0.39 is 0 Å². The van der Waals surface area contributed by atoms with E-state index >= 15 is 0 Å². The third-order valence-electron chi connectivity index (χ3n) is 3.17. The minimum absolute atomic E-state index is 0.158. The molecule has 3 rings (SSSR count). The van der Waals surface area contributed by atoms with Gasteiger partial charge < -0.3 is 9.84 Å². The number of carbonyl (C=O) groups is 1. The van der Waals surface area contributed by atoms with Crippen LogP contribution in [0.4, 0.5) is 5.13 Å². The highest BCUT2D eigenvalue weighted by Crippen LogP contribution is 2.23. The van der Waals surface area contributed by atoms with Gasteiger partial charge in [0.2, 0.25) is 22.8 Å². The molecule has 1 aromatic carbocycles. The summed E-state index contributed by atoms with van der Waals surface area (Å²) in [6.45, 7) is 2.02. The van der Waals surface area contributed by atoms with Crippen LogP contribution in [0.3, 0.4) is 0 Å². The van der Waals surface area contributed by atoms with E-state index in [1.54, 1.807) is 0 Å². The van der Waals surface area contributed by atoms with Crippen LogP contribution in [0.5, 0.6) is 0 Å². The van der Waals surface area contributed by atoms with Crippen molar-refractivity contribution in [1.82, 2.24) is 20.3 Å². The average molecular weight is 361 g/mol. The molecule has 0 unspecified atom stereocenters. The van der Waals surface area contributed by atoms with E-state index in [4.69, 9.17) is 4.52 Å². The lowest BCUT2D eigenvalue weighted by atomic mass is 10.1. The van der Waals surface area contributed by atoms with E-state index in [0.717, 1.165) is 9.90 Å². The zero-order valence-electron chi connectivity index (χ0n) is 13.1. The van der Waals surface area contributed by atoms with Gasteiger partial charge in [-0.25, -0.2) is 0 Å². The highest BCUT2D eigenvalue weighted by atomic mass is 32.2. The predicted molar refractivity (Wildman–Crippen MR) is 93.1 cm³/mol. The third kappa shape index (κ3) is 4.18. The molecule has 0 aliphatic rings. The monoisotopic (exact) mass is 361 g/mol. The molecule has 9 heteroatoms. The summed E-state index contributed by atoms with van der Waals surface area (Å²) in [5.74, 6) is 0.802. The molecule has 24 heavy (non-hydrogen) atoms. The summed E-state index contributed by atoms with van der Waals surface area (Å²) in [7, 11) is 0. The van der Waals surface area contributed by atoms with E-state index in [9.17, 15) is 4.79 Å². The lowest BCUT2D eigenvalue weighted by Gasteiger charge is -1.98. The van der Waals surface area contributed by atoms with Crippen LogP contribution in [-0.4, -0.2) is 32.5 Å². The molecule has 7 nitrogen and oxygen atoms in total. The van der Waals surface area contributed by atoms with Crippen LogP contribution in [-0.2, 0) is 11.2 Å². The molecule has 1 amide bonds. The molecule has 0 saturated carbocycles. The molecule has 0 fully saturated rings. The molecule has 2 aromatic heterocycles. The standard InChI is InChI=1S/C15H15N5O2S2/c1-9-3-5-10(6-4-9)13-17-12(22-20-13)8-7-11(21)16-14-18-19-15(23-2)24-14/h3-6H,7-8H2,1-2H3,(H,16,18,21). The largest absolute Gasteiger partial charge is 0.339 e. The van der Waals surface area contributed by atoms with Gasteiger partial charge in [0.05, 0.1) is 0 Å². The fourth-order valence-corrected chi connectivity index (χ4v) is 3.11. The first-order chi connectivity index (χ1) is 11.6. The van der Waals surface area contributed by atoms with E-state index in [0.29, 0.717) is 23.3 Å². The Bertz CT molecular complexity index is 829. The number of nitrogens with one attached hydrogen (secondary N) is 1. The number of amides is 1. The number of aryl methyl sites for hydroxylation is 2. The van der Waals surface area contributed by atoms with Crippen LogP contribution in [0.25, 0.3) is 11.4 Å². The van der Waals surface area contributed by atoms with Crippen molar-refractivity contribution in [1.29, 1.82) is 0 Å². The Labute approximate surface area is 146 Å². The van der Waals surface area contributed by atoms with Gasteiger partial charge in [0, 0.05) is 18.4 Å². The van der Waals surface area contributed by atoms with Gasteiger partial charge in [-0.2, -0.15) is 4.98 Å². The topological polar surface area (TPSA) is 93.8 Å². The van der Waals surface area contributed by atoms with Crippen LogP contribution in [0.1, 0.15) is 17.9 Å². The summed E-state index contributed by atoms with van der Waals surface area (Å²) >= 11 is 2.83. The minimum atomic E-state index is -0.158. The molecule has 0 aliphatic heterocycles. The van der Waals surface area contributed by atoms with Gasteiger partial charge in [0.1, 0.15) is 0 Å². The van der Waals surface area contributed by atoms with Gasteiger partial charge in [0.25, 0.3) is 0 Å². The molecule has 1 N–H and O–H groups in total. The van der Waals surface area contributed by atoms with Crippen LogP contribution in [0.15, 0.2) is 33.1 Å². The van der Waals surface area contributed by atoms with Gasteiger partial charge in [0.15, 0.2) is 4.34 Å². The zero-order chi connectivity index (χ0) is 16.9. The molecule has 0 atom stereocenters. The molecular weight excluding hydrogens is 346 g/mol. The number of hydrogen-bond acceptors (Lipinski definition) is 8. The maximum atomic E-state index is 11.9. The van der Waals surface area contributed by atoms with Gasteiger partial charge in [-0.05, 0) is 13.2 Å². The number of nitrogens with zero attached hydrogens (tertiary/aromatic N) is 4. The summed E-state index contributed by atoms with van der Waals surface area (Å²) < 4.78 is 6.01. The second-order valence-corrected chi connectivity index (χ2v) is 7.03. The van der Waals surface area contributed by atoms with Crippen molar-refractivity contribution in [2.24, 2.45) is 0 Å². The molecule has 2 heterocycles. The average Bonchev–Trinajstić information content (AvgIpc) is 3.23. The molecule has 0 spiro atoms. The van der Waals surface area contributed by atoms with Gasteiger partial charge >= 0.3 is 0 Å². The molecule has 0 saturated heterocycles. The normalized spacial score (nSPS) is 10.8. The van der Waals surface area contributed by atoms with Crippen molar-refractivity contribution in [3.8, 4) is 11.4 Å². The van der Waals surface area contributed by atoms with E-state index in [1.807, 2.05) is 37.4 Å². The van der Waals surface area contributed by atoms with Crippen molar-refractivity contribution in [2.75, 3.05) is 11.6 Å². The number of thioether (sulfide) groups is 1. The Kier molecular flexibility index (Phi) is 5.21. The summed E-state index contributed by atoms with van der Waals surface area (Å²) in [5, 5.41) is 15.0. The summed E-state index contributed by atoms with van der Waals surface area (Å²) in [5.41, 5.74) is 2.05. The summed E-state index contributed by atoms with van der Waals surface area (Å²) in [6.07, 6.45) is 2.52. The number of aromatic nitrogens is 4. The van der Waals surface area contributed by atoms with E-state index in [-0.39, 0.29) is 12.3 Å². The Morgan fingerprint density at radius 1 is 1.29 bits per heavy atom. The Morgan fingerprint density at radius 3 is 2.79 bits per heavy atom. The fourth-order valence-electron chi connectivity index (χ4n) is 1.92. The van der Waals surface area contributed by atoms with Crippen LogP contribution in [0.2, 0.25) is 0 Å². The first kappa shape index (κ1) is 16.6. The lowest BCUT2D eigenvalue weighted by Crippen LogP contribution is -2.12. The fraction of sp³-hybridized carbons (Fsp3) is 0.267. The van der Waals surface area contributed by atoms with Crippen molar-refractivity contribution in [2.45, 2.75) is 24.1 Å². The molecule has 0 aliphatic carbocycles. The van der Waals surface area contributed by atoms with Crippen molar-refractivity contribution >= 4 is 34.1 Å². The molecular formula is C15H15N5O2S2. The van der Waals surface area contributed by atoms with Gasteiger partial charge in [-0.15, -0.1) is 10.2 Å². The molecule has 0 radical (unpaired) electrons. The SMILES string of the molecule is CSc1nnc(NC(=O)CCc2nc(-c3ccc(C)cc3)no2)s1. The number of rotatable bonds is 6. The smallest absolute Gasteiger partial charge is 0.227 e. The van der Waals surface area contributed by atoms with Gasteiger partial charge in [-0.3, -0.25) is 4.79 Å². The maximum Gasteiger partial charge on any atom is 0.227 e. The number of hydrogen-bond donors (Lipinski definition) is 1. The second kappa shape index (κ2) is 7.54. The number of benzene rings is 1. The maximum absolute atomic E-state index is 11.9. The summed E-state index contributed by atoms with van der Waals surface area (Å²) in [6, 6.07) is 7.86. The van der Waals surface area contributed by atoms with Crippen LogP contribution >= 0.6 is 23.1 Å². The first-order valence-corrected chi connectivity index (χ1v) is 9.25. The van der Waals surface area contributed by atoms with Crippen molar-refractivity contribution in [3.63, 3.8) is 0 Å². The third-order valence-corrected chi connectivity index (χ3v) is 4.99. The van der Waals surface area contributed by atoms with Crippen LogP contribution < -0.4 is 5.32 Å². The van der Waals surface area contributed by atoms with Crippen molar-refractivity contribution < 1.29 is 9.32 Å². The number of anilines is 1. The highest BCUT2D eigenvalue weighted by Gasteiger charge is 2.12. The quantitative estimate of drug-likeness (QED) is 0.532. The Hall–Kier alpha value is -2.26.